The lowest BCUT2D eigenvalue weighted by Gasteiger charge is -2.45. The van der Waals surface area contributed by atoms with Crippen molar-refractivity contribution in [3.8, 4) is 0 Å². The van der Waals surface area contributed by atoms with E-state index >= 15 is 0 Å². The van der Waals surface area contributed by atoms with Crippen LogP contribution in [-0.4, -0.2) is 60.1 Å². The first-order valence-corrected chi connectivity index (χ1v) is 8.55. The number of fused-ring (bicyclic) bond motifs is 3. The molecule has 4 saturated heterocycles. The Labute approximate surface area is 117 Å². The Morgan fingerprint density at radius 1 is 0.842 bits per heavy atom. The summed E-state index contributed by atoms with van der Waals surface area (Å²) in [5.41, 5.74) is 0. The molecule has 0 aromatic carbocycles. The fourth-order valence-corrected chi connectivity index (χ4v) is 5.56. The Hall–Kier alpha value is -0.120. The highest BCUT2D eigenvalue weighted by molar-refractivity contribution is 5.05. The van der Waals surface area contributed by atoms with Crippen molar-refractivity contribution in [2.75, 3.05) is 20.1 Å². The Kier molecular flexibility index (Phi) is 3.33. The van der Waals surface area contributed by atoms with Gasteiger partial charge in [-0.2, -0.15) is 0 Å². The summed E-state index contributed by atoms with van der Waals surface area (Å²) < 4.78 is 0. The van der Waals surface area contributed by atoms with E-state index in [-0.39, 0.29) is 0 Å². The smallest absolute Gasteiger partial charge is 0.0269 e. The van der Waals surface area contributed by atoms with E-state index in [1.807, 2.05) is 0 Å². The molecular weight excluding hydrogens is 234 g/mol. The van der Waals surface area contributed by atoms with Crippen molar-refractivity contribution in [1.29, 1.82) is 0 Å². The molecule has 3 nitrogen and oxygen atoms in total. The summed E-state index contributed by atoms with van der Waals surface area (Å²) in [6, 6.07) is 4.38. The summed E-state index contributed by atoms with van der Waals surface area (Å²) >= 11 is 0. The van der Waals surface area contributed by atoms with Crippen LogP contribution < -0.4 is 5.32 Å². The van der Waals surface area contributed by atoms with Crippen LogP contribution >= 0.6 is 0 Å². The van der Waals surface area contributed by atoms with Crippen LogP contribution in [0.2, 0.25) is 0 Å². The molecule has 4 rings (SSSR count). The van der Waals surface area contributed by atoms with Gasteiger partial charge in [0, 0.05) is 36.8 Å². The van der Waals surface area contributed by atoms with E-state index in [4.69, 9.17) is 0 Å². The zero-order valence-electron chi connectivity index (χ0n) is 12.4. The highest BCUT2D eigenvalue weighted by atomic mass is 15.3. The second kappa shape index (κ2) is 5.01. The maximum absolute atomic E-state index is 3.54. The Morgan fingerprint density at radius 2 is 1.63 bits per heavy atom. The maximum atomic E-state index is 3.54. The van der Waals surface area contributed by atoms with Gasteiger partial charge in [-0.05, 0) is 58.5 Å². The van der Waals surface area contributed by atoms with Crippen molar-refractivity contribution in [1.82, 2.24) is 15.1 Å². The van der Waals surface area contributed by atoms with Crippen molar-refractivity contribution in [2.45, 2.75) is 81.6 Å². The van der Waals surface area contributed by atoms with E-state index in [2.05, 4.69) is 22.2 Å². The molecule has 0 saturated carbocycles. The molecule has 19 heavy (non-hydrogen) atoms. The minimum absolute atomic E-state index is 0.789. The van der Waals surface area contributed by atoms with Gasteiger partial charge >= 0.3 is 0 Å². The van der Waals surface area contributed by atoms with Crippen LogP contribution in [0, 0.1) is 0 Å². The Morgan fingerprint density at radius 3 is 2.37 bits per heavy atom. The highest BCUT2D eigenvalue weighted by Crippen LogP contribution is 2.42. The fraction of sp³-hybridized carbons (Fsp3) is 1.00. The van der Waals surface area contributed by atoms with E-state index in [9.17, 15) is 0 Å². The van der Waals surface area contributed by atoms with E-state index in [0.29, 0.717) is 0 Å². The maximum Gasteiger partial charge on any atom is 0.0269 e. The standard InChI is InChI=1S/C16H29N3/c1-17-12-10-13-5-6-14(11-12)19(13)16-7-9-18-8-3-2-4-15(16)18/h12-17H,2-11H2,1H3. The first-order valence-electron chi connectivity index (χ1n) is 8.55. The Bertz CT molecular complexity index is 318. The molecule has 1 N–H and O–H groups in total. The van der Waals surface area contributed by atoms with Gasteiger partial charge in [0.1, 0.15) is 0 Å². The molecule has 4 atom stereocenters. The molecule has 0 aromatic rings. The molecule has 2 bridgehead atoms. The lowest BCUT2D eigenvalue weighted by Crippen LogP contribution is -2.56. The molecule has 4 aliphatic heterocycles. The van der Waals surface area contributed by atoms with Crippen LogP contribution in [0.15, 0.2) is 0 Å². The van der Waals surface area contributed by atoms with E-state index in [0.717, 1.165) is 30.2 Å². The first-order chi connectivity index (χ1) is 9.36. The molecule has 4 fully saturated rings. The largest absolute Gasteiger partial charge is 0.317 e. The average Bonchev–Trinajstić information content (AvgIpc) is 2.96. The summed E-state index contributed by atoms with van der Waals surface area (Å²) in [6.45, 7) is 2.75. The van der Waals surface area contributed by atoms with Gasteiger partial charge in [-0.3, -0.25) is 9.80 Å². The number of rotatable bonds is 2. The molecule has 0 spiro atoms. The summed E-state index contributed by atoms with van der Waals surface area (Å²) in [5, 5.41) is 3.54. The van der Waals surface area contributed by atoms with Crippen LogP contribution in [0.25, 0.3) is 0 Å². The molecule has 3 heteroatoms. The predicted molar refractivity (Wildman–Crippen MR) is 78.3 cm³/mol. The van der Waals surface area contributed by atoms with Crippen molar-refractivity contribution in [2.24, 2.45) is 0 Å². The average molecular weight is 263 g/mol. The normalized spacial score (nSPS) is 47.5. The topological polar surface area (TPSA) is 18.5 Å². The molecule has 0 aromatic heterocycles. The van der Waals surface area contributed by atoms with Crippen LogP contribution in [0.4, 0.5) is 0 Å². The lowest BCUT2D eigenvalue weighted by molar-refractivity contribution is 0.0413. The molecule has 108 valence electrons. The third kappa shape index (κ3) is 2.05. The van der Waals surface area contributed by atoms with E-state index in [1.54, 1.807) is 0 Å². The van der Waals surface area contributed by atoms with Gasteiger partial charge in [-0.15, -0.1) is 0 Å². The van der Waals surface area contributed by atoms with E-state index in [1.165, 1.54) is 64.5 Å². The van der Waals surface area contributed by atoms with Gasteiger partial charge in [0.05, 0.1) is 0 Å². The van der Waals surface area contributed by atoms with Crippen molar-refractivity contribution in [3.63, 3.8) is 0 Å². The zero-order valence-corrected chi connectivity index (χ0v) is 12.4. The molecule has 0 radical (unpaired) electrons. The minimum Gasteiger partial charge on any atom is -0.317 e. The van der Waals surface area contributed by atoms with Crippen LogP contribution in [-0.2, 0) is 0 Å². The second-order valence-electron chi connectivity index (χ2n) is 7.24. The SMILES string of the molecule is CNC1CC2CCC(C1)N2C1CCN2CCCCC12. The van der Waals surface area contributed by atoms with Gasteiger partial charge in [-0.1, -0.05) is 6.42 Å². The quantitative estimate of drug-likeness (QED) is 0.820. The summed E-state index contributed by atoms with van der Waals surface area (Å²) in [6.07, 6.45) is 11.6. The first kappa shape index (κ1) is 12.6. The molecular formula is C16H29N3. The number of hydrogen-bond acceptors (Lipinski definition) is 3. The van der Waals surface area contributed by atoms with E-state index < -0.39 is 0 Å². The van der Waals surface area contributed by atoms with Gasteiger partial charge in [0.2, 0.25) is 0 Å². The summed E-state index contributed by atoms with van der Waals surface area (Å²) in [5.74, 6) is 0. The fourth-order valence-electron chi connectivity index (χ4n) is 5.56. The number of piperidine rings is 2. The number of nitrogens with zero attached hydrogens (tertiary/aromatic N) is 2. The van der Waals surface area contributed by atoms with Crippen molar-refractivity contribution >= 4 is 0 Å². The van der Waals surface area contributed by atoms with Crippen molar-refractivity contribution < 1.29 is 0 Å². The van der Waals surface area contributed by atoms with Crippen LogP contribution in [0.5, 0.6) is 0 Å². The molecule has 4 heterocycles. The van der Waals surface area contributed by atoms with Gasteiger partial charge in [0.15, 0.2) is 0 Å². The van der Waals surface area contributed by atoms with Crippen LogP contribution in [0.1, 0.15) is 51.4 Å². The Balaban J connectivity index is 1.51. The molecule has 0 amide bonds. The minimum atomic E-state index is 0.789. The molecule has 4 aliphatic rings. The summed E-state index contributed by atoms with van der Waals surface area (Å²) in [4.78, 5) is 5.79. The molecule has 0 aliphatic carbocycles. The van der Waals surface area contributed by atoms with Gasteiger partial charge < -0.3 is 5.32 Å². The molecule has 4 unspecified atom stereocenters. The predicted octanol–water partition coefficient (Wildman–Crippen LogP) is 1.83. The monoisotopic (exact) mass is 263 g/mol. The lowest BCUT2D eigenvalue weighted by atomic mass is 9.91. The second-order valence-corrected chi connectivity index (χ2v) is 7.24. The summed E-state index contributed by atoms with van der Waals surface area (Å²) in [7, 11) is 2.15. The third-order valence-electron chi connectivity index (χ3n) is 6.40. The van der Waals surface area contributed by atoms with Crippen LogP contribution in [0.3, 0.4) is 0 Å². The third-order valence-corrected chi connectivity index (χ3v) is 6.40. The zero-order chi connectivity index (χ0) is 12.8. The van der Waals surface area contributed by atoms with Crippen molar-refractivity contribution in [3.05, 3.63) is 0 Å². The highest BCUT2D eigenvalue weighted by Gasteiger charge is 2.48. The van der Waals surface area contributed by atoms with Gasteiger partial charge in [0.25, 0.3) is 0 Å². The van der Waals surface area contributed by atoms with Gasteiger partial charge in [-0.25, -0.2) is 0 Å². The number of nitrogens with one attached hydrogen (secondary N) is 1. The number of hydrogen-bond donors (Lipinski definition) is 1.